The van der Waals surface area contributed by atoms with Gasteiger partial charge in [0.1, 0.15) is 15.8 Å². The fourth-order valence-electron chi connectivity index (χ4n) is 2.99. The molecule has 30 heavy (non-hydrogen) atoms. The third-order valence-electron chi connectivity index (χ3n) is 4.32. The van der Waals surface area contributed by atoms with Crippen LogP contribution in [-0.4, -0.2) is 53.8 Å². The van der Waals surface area contributed by atoms with E-state index >= 15 is 0 Å². The van der Waals surface area contributed by atoms with Gasteiger partial charge in [-0.25, -0.2) is 15.4 Å². The molecule has 0 amide bonds. The van der Waals surface area contributed by atoms with Crippen molar-refractivity contribution in [1.82, 2.24) is 20.1 Å². The summed E-state index contributed by atoms with van der Waals surface area (Å²) in [5.74, 6) is 0.950. The minimum absolute atomic E-state index is 0.0933. The number of hydrogen-bond acceptors (Lipinski definition) is 10. The number of thiazole rings is 1. The number of aromatic nitrogens is 2. The van der Waals surface area contributed by atoms with Crippen LogP contribution in [0.15, 0.2) is 28.4 Å². The zero-order valence-corrected chi connectivity index (χ0v) is 17.5. The van der Waals surface area contributed by atoms with Crippen molar-refractivity contribution < 1.29 is 14.4 Å². The number of hydrogen-bond donors (Lipinski definition) is 2. The molecule has 1 aliphatic heterocycles. The predicted molar refractivity (Wildman–Crippen MR) is 114 cm³/mol. The fraction of sp³-hybridized carbons (Fsp3) is 0.235. The van der Waals surface area contributed by atoms with Crippen LogP contribution in [-0.2, 0) is 0 Å². The maximum absolute atomic E-state index is 11.4. The highest BCUT2D eigenvalue weighted by Crippen LogP contribution is 2.41. The van der Waals surface area contributed by atoms with Gasteiger partial charge in [-0.3, -0.25) is 14.5 Å². The van der Waals surface area contributed by atoms with E-state index in [9.17, 15) is 10.1 Å². The molecular formula is C17H16ClN7O4S. The van der Waals surface area contributed by atoms with Crippen LogP contribution < -0.4 is 20.2 Å². The van der Waals surface area contributed by atoms with Gasteiger partial charge in [0.05, 0.1) is 43.7 Å². The van der Waals surface area contributed by atoms with Crippen molar-refractivity contribution in [2.45, 2.75) is 0 Å². The van der Waals surface area contributed by atoms with E-state index in [1.807, 2.05) is 0 Å². The number of methoxy groups -OCH3 is 2. The molecule has 0 fully saturated rings. The van der Waals surface area contributed by atoms with Crippen LogP contribution in [0.5, 0.6) is 11.5 Å². The predicted octanol–water partition coefficient (Wildman–Crippen LogP) is 2.52. The fourth-order valence-corrected chi connectivity index (χ4v) is 4.02. The van der Waals surface area contributed by atoms with E-state index in [0.717, 1.165) is 6.54 Å². The molecule has 0 bridgehead atoms. The zero-order chi connectivity index (χ0) is 21.3. The van der Waals surface area contributed by atoms with Gasteiger partial charge < -0.3 is 14.8 Å². The second-order valence-corrected chi connectivity index (χ2v) is 7.68. The summed E-state index contributed by atoms with van der Waals surface area (Å²) in [5.41, 5.74) is 4.27. The monoisotopic (exact) mass is 449 g/mol. The highest BCUT2D eigenvalue weighted by atomic mass is 35.5. The zero-order valence-electron chi connectivity index (χ0n) is 15.9. The quantitative estimate of drug-likeness (QED) is 0.336. The normalized spacial score (nSPS) is 13.5. The number of nitrogens with one attached hydrogen (secondary N) is 2. The number of halogens is 1. The van der Waals surface area contributed by atoms with E-state index in [0.29, 0.717) is 38.8 Å². The Bertz CT molecular complexity index is 1190. The molecule has 0 saturated heterocycles. The Hall–Kier alpha value is -3.38. The third-order valence-corrected chi connectivity index (χ3v) is 5.42. The summed E-state index contributed by atoms with van der Waals surface area (Å²) in [6.07, 6.45) is 3.30. The summed E-state index contributed by atoms with van der Waals surface area (Å²) in [7, 11) is 2.80. The average molecular weight is 450 g/mol. The van der Waals surface area contributed by atoms with Crippen molar-refractivity contribution in [3.63, 3.8) is 0 Å². The molecule has 3 heterocycles. The number of guanidine groups is 1. The Morgan fingerprint density at radius 3 is 2.87 bits per heavy atom. The van der Waals surface area contributed by atoms with Crippen molar-refractivity contribution in [2.75, 3.05) is 27.3 Å². The molecule has 0 spiro atoms. The number of fused-ring (bicyclic) bond motifs is 1. The smallest absolute Gasteiger partial charge is 0.314 e. The molecule has 11 nitrogen and oxygen atoms in total. The Kier molecular flexibility index (Phi) is 5.42. The number of hydrazone groups is 1. The van der Waals surface area contributed by atoms with Gasteiger partial charge in [0.2, 0.25) is 5.96 Å². The molecule has 1 aromatic carbocycles. The third kappa shape index (κ3) is 3.62. The Morgan fingerprint density at radius 2 is 2.20 bits per heavy atom. The van der Waals surface area contributed by atoms with Gasteiger partial charge in [0, 0.05) is 24.4 Å². The molecule has 0 radical (unpaired) electrons. The topological polar surface area (TPSA) is 128 Å². The molecule has 3 aromatic rings. The molecule has 2 aromatic heterocycles. The van der Waals surface area contributed by atoms with Crippen LogP contribution in [0.3, 0.4) is 0 Å². The molecule has 4 rings (SSSR count). The first-order valence-corrected chi connectivity index (χ1v) is 9.87. The van der Waals surface area contributed by atoms with Gasteiger partial charge in [-0.1, -0.05) is 22.9 Å². The molecule has 1 aliphatic rings. The Balaban J connectivity index is 1.85. The van der Waals surface area contributed by atoms with E-state index < -0.39 is 4.92 Å². The molecule has 0 atom stereocenters. The second-order valence-electron chi connectivity index (χ2n) is 6.04. The van der Waals surface area contributed by atoms with E-state index in [2.05, 4.69) is 25.8 Å². The number of nitro groups is 1. The van der Waals surface area contributed by atoms with Crippen LogP contribution in [0, 0.1) is 10.1 Å². The molecule has 0 aliphatic carbocycles. The lowest BCUT2D eigenvalue weighted by atomic mass is 10.1. The lowest BCUT2D eigenvalue weighted by Crippen LogP contribution is -2.30. The maximum Gasteiger partial charge on any atom is 0.314 e. The van der Waals surface area contributed by atoms with Crippen molar-refractivity contribution in [3.05, 3.63) is 38.5 Å². The molecule has 0 saturated carbocycles. The van der Waals surface area contributed by atoms with Gasteiger partial charge in [-0.15, -0.1) is 0 Å². The molecule has 13 heteroatoms. The van der Waals surface area contributed by atoms with Gasteiger partial charge in [0.25, 0.3) is 0 Å². The van der Waals surface area contributed by atoms with Crippen LogP contribution >= 0.6 is 22.9 Å². The summed E-state index contributed by atoms with van der Waals surface area (Å²) in [6, 6.07) is 2.84. The summed E-state index contributed by atoms with van der Waals surface area (Å²) < 4.78 is 13.0. The lowest BCUT2D eigenvalue weighted by molar-refractivity contribution is -0.385. The van der Waals surface area contributed by atoms with Crippen LogP contribution in [0.2, 0.25) is 4.34 Å². The molecule has 0 unspecified atom stereocenters. The van der Waals surface area contributed by atoms with Crippen LogP contribution in [0.1, 0.15) is 5.69 Å². The summed E-state index contributed by atoms with van der Waals surface area (Å²) in [6.45, 7) is 1.43. The summed E-state index contributed by atoms with van der Waals surface area (Å²) >= 11 is 7.43. The number of aliphatic imine (C=N–C) groups is 1. The minimum atomic E-state index is -0.529. The van der Waals surface area contributed by atoms with E-state index in [-0.39, 0.29) is 17.2 Å². The number of rotatable bonds is 6. The standard InChI is InChI=1S/C17H16ClN7O4S/c1-28-12-6-10(25(26)27)13(29-2)5-9(12)15-11(7-21-23-16-19-3-4-20-16)24-8-14(18)30-17(24)22-15/h5-8H,3-4H2,1-2H3,(H2,19,20,23)/b21-7-. The first-order chi connectivity index (χ1) is 14.5. The number of nitrogens with zero attached hydrogens (tertiary/aromatic N) is 5. The van der Waals surface area contributed by atoms with Crippen LogP contribution in [0.4, 0.5) is 5.69 Å². The van der Waals surface area contributed by atoms with Gasteiger partial charge >= 0.3 is 5.69 Å². The van der Waals surface area contributed by atoms with Crippen molar-refractivity contribution in [1.29, 1.82) is 0 Å². The van der Waals surface area contributed by atoms with E-state index in [1.165, 1.54) is 37.7 Å². The average Bonchev–Trinajstić information content (AvgIpc) is 3.44. The van der Waals surface area contributed by atoms with Crippen molar-refractivity contribution in [3.8, 4) is 22.8 Å². The Morgan fingerprint density at radius 1 is 1.40 bits per heavy atom. The Labute approximate surface area is 179 Å². The highest BCUT2D eigenvalue weighted by Gasteiger charge is 2.24. The lowest BCUT2D eigenvalue weighted by Gasteiger charge is -2.10. The highest BCUT2D eigenvalue weighted by molar-refractivity contribution is 7.20. The molecule has 2 N–H and O–H groups in total. The number of imidazole rings is 1. The minimum Gasteiger partial charge on any atom is -0.496 e. The summed E-state index contributed by atoms with van der Waals surface area (Å²) in [4.78, 5) is 20.3. The van der Waals surface area contributed by atoms with Crippen molar-refractivity contribution in [2.24, 2.45) is 10.1 Å². The summed E-state index contributed by atoms with van der Waals surface area (Å²) in [5, 5.41) is 18.7. The van der Waals surface area contributed by atoms with Crippen LogP contribution in [0.25, 0.3) is 16.2 Å². The van der Waals surface area contributed by atoms with E-state index in [4.69, 9.17) is 21.1 Å². The van der Waals surface area contributed by atoms with Gasteiger partial charge in [0.15, 0.2) is 10.7 Å². The van der Waals surface area contributed by atoms with Gasteiger partial charge in [-0.2, -0.15) is 5.10 Å². The van der Waals surface area contributed by atoms with E-state index in [1.54, 1.807) is 16.8 Å². The second kappa shape index (κ2) is 8.16. The van der Waals surface area contributed by atoms with Gasteiger partial charge in [-0.05, 0) is 0 Å². The van der Waals surface area contributed by atoms with Crippen molar-refractivity contribution >= 4 is 45.8 Å². The SMILES string of the molecule is COc1cc([N+](=O)[O-])c(OC)cc1-c1nc2sc(Cl)cn2c1/C=N\NC1=NCCN1. The first kappa shape index (κ1) is 19.9. The number of ether oxygens (including phenoxy) is 2. The number of benzene rings is 1. The largest absolute Gasteiger partial charge is 0.496 e. The number of nitro benzene ring substituents is 1. The maximum atomic E-state index is 11.4. The first-order valence-electron chi connectivity index (χ1n) is 8.67. The molecule has 156 valence electrons. The molecular weight excluding hydrogens is 434 g/mol.